The van der Waals surface area contributed by atoms with Gasteiger partial charge in [-0.25, -0.2) is 18.4 Å². The molecular formula is C18H29O20P. The maximum Gasteiger partial charge on any atom is 0.538 e. The Morgan fingerprint density at radius 2 is 1.36 bits per heavy atom. The van der Waals surface area contributed by atoms with Crippen molar-refractivity contribution < 1.29 is 98.1 Å². The van der Waals surface area contributed by atoms with Crippen LogP contribution in [0.25, 0.3) is 0 Å². The average Bonchev–Trinajstić information content (AvgIpc) is 3.25. The normalized spacial score (nSPS) is 51.5. The minimum Gasteiger partial charge on any atom is -0.394 e. The van der Waals surface area contributed by atoms with Crippen molar-refractivity contribution in [2.24, 2.45) is 0 Å². The van der Waals surface area contributed by atoms with E-state index in [1.807, 2.05) is 0 Å². The van der Waals surface area contributed by atoms with Crippen molar-refractivity contribution in [2.45, 2.75) is 85.2 Å². The van der Waals surface area contributed by atoms with Crippen molar-refractivity contribution in [1.29, 1.82) is 0 Å². The van der Waals surface area contributed by atoms with E-state index >= 15 is 0 Å². The summed E-state index contributed by atoms with van der Waals surface area (Å²) >= 11 is 0. The number of fused-ring (bicyclic) bond motifs is 2. The number of hydrogen-bond acceptors (Lipinski definition) is 20. The van der Waals surface area contributed by atoms with Crippen molar-refractivity contribution in [3.8, 4) is 0 Å². The second kappa shape index (κ2) is 11.0. The van der Waals surface area contributed by atoms with Gasteiger partial charge in [0.05, 0.1) is 19.8 Å². The third-order valence-corrected chi connectivity index (χ3v) is 7.97. The Labute approximate surface area is 217 Å². The number of phosphoric ester groups is 1. The Hall–Kier alpha value is -0.980. The topological polar surface area (TPSA) is 321 Å². The van der Waals surface area contributed by atoms with Gasteiger partial charge in [-0.1, -0.05) is 0 Å². The fraction of sp³-hybridized carbons (Fsp3) is 0.944. The highest BCUT2D eigenvalue weighted by molar-refractivity contribution is 7.50. The Bertz CT molecular complexity index is 952. The van der Waals surface area contributed by atoms with Crippen LogP contribution in [0.4, 0.5) is 0 Å². The molecule has 0 amide bonds. The quantitative estimate of drug-likeness (QED) is 0.110. The lowest BCUT2D eigenvalue weighted by molar-refractivity contribution is -0.343. The summed E-state index contributed by atoms with van der Waals surface area (Å²) in [6.45, 7) is -2.49. The van der Waals surface area contributed by atoms with Crippen molar-refractivity contribution in [3.05, 3.63) is 0 Å². The number of hydrogen-bond donors (Lipinski definition) is 11. The molecule has 4 saturated heterocycles. The molecule has 4 heterocycles. The summed E-state index contributed by atoms with van der Waals surface area (Å²) in [4.78, 5) is 11.7. The SMILES string of the molecule is O=C1OP2(=O)O[C@]1(O)[C@](O)([C@H](O)[C@H](O)CO[C@H]1O[C@H](CO[C@H]3O[C@H](CO)[C@@H](O)[C@H](O)[C@H]3O)[C@@H](O)[C@H](O)[C@H]1O)O2. The molecule has 0 aromatic carbocycles. The summed E-state index contributed by atoms with van der Waals surface area (Å²) < 4.78 is 45.7. The molecule has 11 N–H and O–H groups in total. The summed E-state index contributed by atoms with van der Waals surface area (Å²) in [6, 6.07) is 0. The number of phosphoric acid groups is 1. The fourth-order valence-corrected chi connectivity index (χ4v) is 5.79. The van der Waals surface area contributed by atoms with E-state index in [2.05, 4.69) is 13.6 Å². The third-order valence-electron chi connectivity index (χ3n) is 6.59. The van der Waals surface area contributed by atoms with Crippen LogP contribution in [-0.4, -0.2) is 167 Å². The highest BCUT2D eigenvalue weighted by atomic mass is 31.2. The monoisotopic (exact) mass is 596 g/mol. The van der Waals surface area contributed by atoms with Gasteiger partial charge in [0.25, 0.3) is 5.79 Å². The van der Waals surface area contributed by atoms with E-state index in [4.69, 9.17) is 18.9 Å². The van der Waals surface area contributed by atoms with Gasteiger partial charge in [0.1, 0.15) is 61.0 Å². The van der Waals surface area contributed by atoms with Gasteiger partial charge in [-0.05, 0) is 0 Å². The van der Waals surface area contributed by atoms with Crippen molar-refractivity contribution in [1.82, 2.24) is 0 Å². The molecule has 1 unspecified atom stereocenters. The summed E-state index contributed by atoms with van der Waals surface area (Å²) in [5, 5.41) is 111. The maximum atomic E-state index is 12.0. The summed E-state index contributed by atoms with van der Waals surface area (Å²) in [7, 11) is -4.80. The smallest absolute Gasteiger partial charge is 0.394 e. The maximum absolute atomic E-state index is 12.0. The van der Waals surface area contributed by atoms with Gasteiger partial charge in [0.2, 0.25) is 0 Å². The number of aliphatic hydroxyl groups excluding tert-OH is 9. The Morgan fingerprint density at radius 1 is 0.821 bits per heavy atom. The summed E-state index contributed by atoms with van der Waals surface area (Å²) in [5.41, 5.74) is 0. The molecule has 0 spiro atoms. The van der Waals surface area contributed by atoms with Crippen molar-refractivity contribution in [3.63, 3.8) is 0 Å². The zero-order chi connectivity index (χ0) is 29.1. The van der Waals surface area contributed by atoms with Crippen LogP contribution in [0.3, 0.4) is 0 Å². The van der Waals surface area contributed by atoms with Crippen LogP contribution < -0.4 is 0 Å². The summed E-state index contributed by atoms with van der Waals surface area (Å²) in [6.07, 6.45) is -22.2. The van der Waals surface area contributed by atoms with E-state index in [1.54, 1.807) is 0 Å². The largest absolute Gasteiger partial charge is 0.538 e. The molecule has 4 rings (SSSR count). The van der Waals surface area contributed by atoms with E-state index in [9.17, 15) is 65.5 Å². The number of rotatable bonds is 9. The number of carbonyl (C=O) groups is 1. The van der Waals surface area contributed by atoms with Crippen LogP contribution in [0.15, 0.2) is 0 Å². The zero-order valence-electron chi connectivity index (χ0n) is 19.6. The molecule has 21 heteroatoms. The van der Waals surface area contributed by atoms with Gasteiger partial charge in [-0.15, -0.1) is 0 Å². The molecule has 39 heavy (non-hydrogen) atoms. The zero-order valence-corrected chi connectivity index (χ0v) is 20.5. The lowest BCUT2D eigenvalue weighted by atomic mass is 9.96. The highest BCUT2D eigenvalue weighted by Gasteiger charge is 2.81. The standard InChI is InChI=1S/C18H29O20P/c19-1-5-7(21)9(23)11(25)15(34-5)33-3-6-8(22)10(24)12(26)14(35-6)32-2-4(20)13(27)17(29)18(30)16(28)36-39(31,37-17)38-18/h4-15,19-27,29-30H,1-3H2/t4-,5-,6-,7-,8-,9+,10+,11-,12-,13-,14+,15+,17+,18+,39?/m1/s1. The van der Waals surface area contributed by atoms with Gasteiger partial charge in [-0.3, -0.25) is 0 Å². The molecule has 0 aliphatic carbocycles. The van der Waals surface area contributed by atoms with E-state index in [0.29, 0.717) is 0 Å². The van der Waals surface area contributed by atoms with Gasteiger partial charge < -0.3 is 79.6 Å². The van der Waals surface area contributed by atoms with E-state index < -0.39 is 119 Å². The van der Waals surface area contributed by atoms with Crippen LogP contribution in [0.2, 0.25) is 0 Å². The first kappa shape index (κ1) is 31.0. The molecule has 0 saturated carbocycles. The molecule has 0 aromatic heterocycles. The first-order chi connectivity index (χ1) is 18.1. The van der Waals surface area contributed by atoms with E-state index in [1.165, 1.54) is 0 Å². The highest BCUT2D eigenvalue weighted by Crippen LogP contribution is 2.70. The van der Waals surface area contributed by atoms with Crippen LogP contribution in [0, 0.1) is 0 Å². The van der Waals surface area contributed by atoms with Crippen LogP contribution in [0.1, 0.15) is 0 Å². The van der Waals surface area contributed by atoms with Crippen LogP contribution in [0.5, 0.6) is 0 Å². The minimum absolute atomic E-state index is 0.686. The van der Waals surface area contributed by atoms with E-state index in [-0.39, 0.29) is 0 Å². The number of ether oxygens (including phenoxy) is 4. The second-order valence-electron chi connectivity index (χ2n) is 9.24. The molecule has 0 aromatic rings. The van der Waals surface area contributed by atoms with Crippen LogP contribution >= 0.6 is 7.82 Å². The molecule has 4 aliphatic heterocycles. The Morgan fingerprint density at radius 3 is 1.90 bits per heavy atom. The first-order valence-electron chi connectivity index (χ1n) is 11.4. The van der Waals surface area contributed by atoms with Gasteiger partial charge in [0.15, 0.2) is 12.6 Å². The van der Waals surface area contributed by atoms with Gasteiger partial charge >= 0.3 is 19.6 Å². The molecule has 4 aliphatic rings. The van der Waals surface area contributed by atoms with Crippen LogP contribution in [-0.2, 0) is 41.9 Å². The second-order valence-corrected chi connectivity index (χ2v) is 10.7. The number of aliphatic hydroxyl groups is 11. The molecule has 2 bridgehead atoms. The Kier molecular flexibility index (Phi) is 8.75. The number of carbonyl (C=O) groups excluding carboxylic acids is 1. The molecular weight excluding hydrogens is 567 g/mol. The molecule has 20 nitrogen and oxygen atoms in total. The van der Waals surface area contributed by atoms with Crippen molar-refractivity contribution >= 4 is 13.8 Å². The Balaban J connectivity index is 1.36. The first-order valence-corrected chi connectivity index (χ1v) is 12.8. The fourth-order valence-electron chi connectivity index (χ4n) is 4.25. The third kappa shape index (κ3) is 5.25. The lowest BCUT2D eigenvalue weighted by Gasteiger charge is -2.43. The predicted molar refractivity (Wildman–Crippen MR) is 110 cm³/mol. The van der Waals surface area contributed by atoms with E-state index in [0.717, 1.165) is 0 Å². The van der Waals surface area contributed by atoms with Crippen molar-refractivity contribution in [2.75, 3.05) is 19.8 Å². The molecule has 4 fully saturated rings. The molecule has 0 radical (unpaired) electrons. The minimum atomic E-state index is -4.80. The van der Waals surface area contributed by atoms with Gasteiger partial charge in [0, 0.05) is 0 Å². The summed E-state index contributed by atoms with van der Waals surface area (Å²) in [5.74, 6) is -8.70. The predicted octanol–water partition coefficient (Wildman–Crippen LogP) is -7.56. The van der Waals surface area contributed by atoms with Gasteiger partial charge in [-0.2, -0.15) is 0 Å². The molecule has 15 atom stereocenters. The average molecular weight is 596 g/mol. The lowest BCUT2D eigenvalue weighted by Crippen LogP contribution is -2.67. The molecule has 226 valence electrons.